The van der Waals surface area contributed by atoms with Crippen LogP contribution in [0.25, 0.3) is 0 Å². The van der Waals surface area contributed by atoms with Gasteiger partial charge in [0.1, 0.15) is 5.82 Å². The van der Waals surface area contributed by atoms with E-state index in [-0.39, 0.29) is 27.4 Å². The maximum atomic E-state index is 10.7. The Kier molecular flexibility index (Phi) is 4.82. The van der Waals surface area contributed by atoms with Crippen molar-refractivity contribution in [3.05, 3.63) is 50.5 Å². The van der Waals surface area contributed by atoms with Crippen molar-refractivity contribution in [2.75, 3.05) is 11.9 Å². The van der Waals surface area contributed by atoms with Gasteiger partial charge in [-0.2, -0.15) is 4.98 Å². The van der Waals surface area contributed by atoms with E-state index in [0.717, 1.165) is 6.54 Å². The Balaban J connectivity index is 2.31. The van der Waals surface area contributed by atoms with E-state index in [2.05, 4.69) is 10.3 Å². The second-order valence-corrected chi connectivity index (χ2v) is 4.80. The molecule has 0 aliphatic rings. The summed E-state index contributed by atoms with van der Waals surface area (Å²) in [6.07, 6.45) is 0. The normalized spacial score (nSPS) is 10.2. The standard InChI is InChI=1S/C13H11Cl2N3O3/c1-2-16-11-4-3-5-12(17-11)21-13-9(14)6-8(18(19)20)7-10(13)15/h3-7H,2H2,1H3,(H,16,17). The first kappa shape index (κ1) is 15.3. The maximum absolute atomic E-state index is 10.7. The highest BCUT2D eigenvalue weighted by atomic mass is 35.5. The Hall–Kier alpha value is -2.05. The summed E-state index contributed by atoms with van der Waals surface area (Å²) >= 11 is 11.9. The van der Waals surface area contributed by atoms with E-state index in [4.69, 9.17) is 27.9 Å². The van der Waals surface area contributed by atoms with Gasteiger partial charge in [0.2, 0.25) is 5.88 Å². The van der Waals surface area contributed by atoms with Crippen LogP contribution in [0.2, 0.25) is 10.0 Å². The van der Waals surface area contributed by atoms with Gasteiger partial charge in [0.25, 0.3) is 5.69 Å². The van der Waals surface area contributed by atoms with Crippen LogP contribution in [-0.2, 0) is 0 Å². The number of hydrogen-bond donors (Lipinski definition) is 1. The third-order valence-corrected chi connectivity index (χ3v) is 3.04. The highest BCUT2D eigenvalue weighted by Gasteiger charge is 2.16. The van der Waals surface area contributed by atoms with Crippen LogP contribution in [0.15, 0.2) is 30.3 Å². The zero-order valence-electron chi connectivity index (χ0n) is 11.0. The summed E-state index contributed by atoms with van der Waals surface area (Å²) in [6.45, 7) is 2.66. The van der Waals surface area contributed by atoms with Crippen LogP contribution in [0.5, 0.6) is 11.6 Å². The van der Waals surface area contributed by atoms with Crippen LogP contribution in [-0.4, -0.2) is 16.5 Å². The van der Waals surface area contributed by atoms with Crippen LogP contribution in [0, 0.1) is 10.1 Å². The molecule has 0 spiro atoms. The van der Waals surface area contributed by atoms with Crippen LogP contribution >= 0.6 is 23.2 Å². The summed E-state index contributed by atoms with van der Waals surface area (Å²) in [5, 5.41) is 13.9. The number of rotatable bonds is 5. The average molecular weight is 328 g/mol. The number of benzene rings is 1. The highest BCUT2D eigenvalue weighted by molar-refractivity contribution is 6.37. The number of hydrogen-bond acceptors (Lipinski definition) is 5. The highest BCUT2D eigenvalue weighted by Crippen LogP contribution is 2.39. The summed E-state index contributed by atoms with van der Waals surface area (Å²) in [5.41, 5.74) is -0.202. The monoisotopic (exact) mass is 327 g/mol. The van der Waals surface area contributed by atoms with E-state index in [1.165, 1.54) is 12.1 Å². The molecular formula is C13H11Cl2N3O3. The molecular weight excluding hydrogens is 317 g/mol. The Morgan fingerprint density at radius 3 is 2.57 bits per heavy atom. The molecule has 1 aromatic carbocycles. The Morgan fingerprint density at radius 2 is 2.00 bits per heavy atom. The fourth-order valence-electron chi connectivity index (χ4n) is 1.61. The molecule has 0 unspecified atom stereocenters. The van der Waals surface area contributed by atoms with Crippen molar-refractivity contribution >= 4 is 34.7 Å². The minimum absolute atomic E-state index is 0.0462. The molecule has 1 N–H and O–H groups in total. The first-order valence-electron chi connectivity index (χ1n) is 6.03. The zero-order chi connectivity index (χ0) is 15.4. The Labute approximate surface area is 130 Å². The van der Waals surface area contributed by atoms with E-state index in [9.17, 15) is 10.1 Å². The SMILES string of the molecule is CCNc1cccc(Oc2c(Cl)cc([N+](=O)[O-])cc2Cl)n1. The van der Waals surface area contributed by atoms with Crippen molar-refractivity contribution in [2.45, 2.75) is 6.92 Å². The number of halogens is 2. The molecule has 1 aromatic heterocycles. The van der Waals surface area contributed by atoms with Gasteiger partial charge in [-0.05, 0) is 13.0 Å². The predicted molar refractivity (Wildman–Crippen MR) is 81.6 cm³/mol. The molecule has 0 radical (unpaired) electrons. The lowest BCUT2D eigenvalue weighted by Gasteiger charge is -2.10. The molecule has 0 bridgehead atoms. The lowest BCUT2D eigenvalue weighted by Crippen LogP contribution is -2.00. The molecule has 2 rings (SSSR count). The van der Waals surface area contributed by atoms with E-state index in [1.807, 2.05) is 6.92 Å². The topological polar surface area (TPSA) is 77.3 Å². The molecule has 6 nitrogen and oxygen atoms in total. The van der Waals surface area contributed by atoms with Crippen LogP contribution in [0.1, 0.15) is 6.92 Å². The summed E-state index contributed by atoms with van der Waals surface area (Å²) in [6, 6.07) is 7.53. The second-order valence-electron chi connectivity index (χ2n) is 3.99. The number of nitro groups is 1. The number of non-ortho nitro benzene ring substituents is 1. The molecule has 1 heterocycles. The second kappa shape index (κ2) is 6.60. The molecule has 2 aromatic rings. The molecule has 0 atom stereocenters. The number of anilines is 1. The quantitative estimate of drug-likeness (QED) is 0.645. The zero-order valence-corrected chi connectivity index (χ0v) is 12.5. The summed E-state index contributed by atoms with van der Waals surface area (Å²) < 4.78 is 5.52. The summed E-state index contributed by atoms with van der Waals surface area (Å²) in [7, 11) is 0. The minimum Gasteiger partial charge on any atom is -0.436 e. The predicted octanol–water partition coefficient (Wildman–Crippen LogP) is 4.52. The van der Waals surface area contributed by atoms with Crippen molar-refractivity contribution in [3.8, 4) is 11.6 Å². The number of nitrogens with zero attached hydrogens (tertiary/aromatic N) is 2. The van der Waals surface area contributed by atoms with Crippen LogP contribution in [0.4, 0.5) is 11.5 Å². The van der Waals surface area contributed by atoms with E-state index < -0.39 is 4.92 Å². The van der Waals surface area contributed by atoms with Gasteiger partial charge in [0, 0.05) is 24.7 Å². The number of nitrogens with one attached hydrogen (secondary N) is 1. The van der Waals surface area contributed by atoms with Gasteiger partial charge in [-0.15, -0.1) is 0 Å². The Bertz CT molecular complexity index is 656. The van der Waals surface area contributed by atoms with Gasteiger partial charge in [-0.25, -0.2) is 0 Å². The number of aromatic nitrogens is 1. The first-order chi connectivity index (χ1) is 10.0. The van der Waals surface area contributed by atoms with E-state index in [0.29, 0.717) is 5.82 Å². The van der Waals surface area contributed by atoms with E-state index >= 15 is 0 Å². The molecule has 0 fully saturated rings. The smallest absolute Gasteiger partial charge is 0.272 e. The molecule has 0 aliphatic heterocycles. The third-order valence-electron chi connectivity index (χ3n) is 2.48. The van der Waals surface area contributed by atoms with Crippen molar-refractivity contribution in [1.29, 1.82) is 0 Å². The molecule has 0 saturated carbocycles. The molecule has 0 amide bonds. The maximum Gasteiger partial charge on any atom is 0.272 e. The number of pyridine rings is 1. The largest absolute Gasteiger partial charge is 0.436 e. The van der Waals surface area contributed by atoms with Crippen molar-refractivity contribution < 1.29 is 9.66 Å². The van der Waals surface area contributed by atoms with Gasteiger partial charge in [0.05, 0.1) is 15.0 Å². The fourth-order valence-corrected chi connectivity index (χ4v) is 2.16. The van der Waals surface area contributed by atoms with Crippen LogP contribution < -0.4 is 10.1 Å². The molecule has 8 heteroatoms. The number of ether oxygens (including phenoxy) is 1. The number of nitro benzene ring substituents is 1. The third kappa shape index (κ3) is 3.74. The van der Waals surface area contributed by atoms with Gasteiger partial charge < -0.3 is 10.1 Å². The van der Waals surface area contributed by atoms with Crippen molar-refractivity contribution in [2.24, 2.45) is 0 Å². The van der Waals surface area contributed by atoms with E-state index in [1.54, 1.807) is 18.2 Å². The molecule has 110 valence electrons. The van der Waals surface area contributed by atoms with Gasteiger partial charge in [0.15, 0.2) is 5.75 Å². The Morgan fingerprint density at radius 1 is 1.33 bits per heavy atom. The average Bonchev–Trinajstić information content (AvgIpc) is 2.43. The molecule has 0 aliphatic carbocycles. The van der Waals surface area contributed by atoms with Crippen molar-refractivity contribution in [3.63, 3.8) is 0 Å². The van der Waals surface area contributed by atoms with Gasteiger partial charge in [-0.3, -0.25) is 10.1 Å². The minimum atomic E-state index is -0.578. The first-order valence-corrected chi connectivity index (χ1v) is 6.79. The fraction of sp³-hybridized carbons (Fsp3) is 0.154. The molecule has 0 saturated heterocycles. The van der Waals surface area contributed by atoms with Crippen molar-refractivity contribution in [1.82, 2.24) is 4.98 Å². The lowest BCUT2D eigenvalue weighted by molar-refractivity contribution is -0.384. The van der Waals surface area contributed by atoms with Gasteiger partial charge in [-0.1, -0.05) is 29.3 Å². The molecule has 21 heavy (non-hydrogen) atoms. The summed E-state index contributed by atoms with van der Waals surface area (Å²) in [4.78, 5) is 14.4. The van der Waals surface area contributed by atoms with Crippen LogP contribution in [0.3, 0.4) is 0 Å². The summed E-state index contributed by atoms with van der Waals surface area (Å²) in [5.74, 6) is 1.06. The van der Waals surface area contributed by atoms with Gasteiger partial charge >= 0.3 is 0 Å². The lowest BCUT2D eigenvalue weighted by atomic mass is 10.3.